The maximum absolute atomic E-state index is 10.9. The molecule has 0 heterocycles. The molecule has 3 N–H and O–H groups in total. The monoisotopic (exact) mass is 544 g/mol. The molecule has 0 aliphatic rings. The van der Waals surface area contributed by atoms with Crippen molar-refractivity contribution in [1.29, 1.82) is 0 Å². The van der Waals surface area contributed by atoms with Gasteiger partial charge in [-0.15, -0.1) is 0 Å². The summed E-state index contributed by atoms with van der Waals surface area (Å²) >= 11 is 0. The van der Waals surface area contributed by atoms with Crippen LogP contribution in [0.15, 0.2) is 91.5 Å². The van der Waals surface area contributed by atoms with Crippen LogP contribution in [-0.2, 0) is 19.8 Å². The third kappa shape index (κ3) is 8.50. The average Bonchev–Trinajstić information content (AvgIpc) is 2.99. The zero-order chi connectivity index (χ0) is 28.9. The summed E-state index contributed by atoms with van der Waals surface area (Å²) in [5.41, 5.74) is 9.85. The van der Waals surface area contributed by atoms with Gasteiger partial charge in [-0.3, -0.25) is 10.1 Å². The minimum Gasteiger partial charge on any atom is -0.497 e. The summed E-state index contributed by atoms with van der Waals surface area (Å²) in [6.45, 7) is 4.23. The van der Waals surface area contributed by atoms with E-state index in [2.05, 4.69) is 6.58 Å². The Labute approximate surface area is 233 Å². The summed E-state index contributed by atoms with van der Waals surface area (Å²) < 4.78 is 21.6. The summed E-state index contributed by atoms with van der Waals surface area (Å²) in [5, 5.41) is 20.1. The Morgan fingerprint density at radius 2 is 1.38 bits per heavy atom. The van der Waals surface area contributed by atoms with E-state index in [4.69, 9.17) is 24.7 Å². The van der Waals surface area contributed by atoms with Crippen molar-refractivity contribution in [3.05, 3.63) is 124 Å². The number of para-hydroxylation sites is 4. The van der Waals surface area contributed by atoms with Crippen molar-refractivity contribution in [2.24, 2.45) is 0 Å². The second-order valence-corrected chi connectivity index (χ2v) is 8.51. The molecule has 0 aliphatic carbocycles. The summed E-state index contributed by atoms with van der Waals surface area (Å²) in [6, 6.07) is 24.7. The van der Waals surface area contributed by atoms with Gasteiger partial charge in [-0.1, -0.05) is 36.9 Å². The summed E-state index contributed by atoms with van der Waals surface area (Å²) in [7, 11) is 3.17. The molecule has 0 aromatic heterocycles. The molecular formula is C31H32N2O7. The van der Waals surface area contributed by atoms with Gasteiger partial charge >= 0.3 is 5.69 Å². The molecule has 4 aromatic carbocycles. The summed E-state index contributed by atoms with van der Waals surface area (Å²) in [6.07, 6.45) is 1.78. The Morgan fingerprint density at radius 1 is 0.825 bits per heavy atom. The lowest BCUT2D eigenvalue weighted by atomic mass is 10.1. The smallest absolute Gasteiger partial charge is 0.310 e. The van der Waals surface area contributed by atoms with Crippen LogP contribution in [0.1, 0.15) is 22.3 Å². The van der Waals surface area contributed by atoms with E-state index in [1.54, 1.807) is 49.6 Å². The van der Waals surface area contributed by atoms with Gasteiger partial charge in [-0.2, -0.15) is 0 Å². The van der Waals surface area contributed by atoms with E-state index in [1.807, 2.05) is 42.5 Å². The number of nitro benzene ring substituents is 1. The first-order valence-electron chi connectivity index (χ1n) is 12.3. The highest BCUT2D eigenvalue weighted by atomic mass is 16.6. The van der Waals surface area contributed by atoms with Gasteiger partial charge in [0.1, 0.15) is 30.5 Å². The minimum absolute atomic E-state index is 0.0808. The third-order valence-corrected chi connectivity index (χ3v) is 5.67. The molecule has 9 heteroatoms. The van der Waals surface area contributed by atoms with E-state index in [0.717, 1.165) is 22.4 Å². The number of anilines is 1. The van der Waals surface area contributed by atoms with E-state index >= 15 is 0 Å². The molecule has 0 bridgehead atoms. The number of hydrogen-bond acceptors (Lipinski definition) is 8. The molecule has 0 saturated heterocycles. The normalized spacial score (nSPS) is 10.1. The van der Waals surface area contributed by atoms with E-state index in [1.165, 1.54) is 13.2 Å². The number of nitro groups is 1. The Kier molecular flexibility index (Phi) is 10.9. The summed E-state index contributed by atoms with van der Waals surface area (Å²) in [4.78, 5) is 10.4. The molecule has 40 heavy (non-hydrogen) atoms. The van der Waals surface area contributed by atoms with Crippen LogP contribution in [0, 0.1) is 10.1 Å². The fraction of sp³-hybridized carbons (Fsp3) is 0.161. The van der Waals surface area contributed by atoms with Gasteiger partial charge < -0.3 is 29.8 Å². The lowest BCUT2D eigenvalue weighted by Crippen LogP contribution is -2.00. The first-order chi connectivity index (χ1) is 19.4. The van der Waals surface area contributed by atoms with Crippen LogP contribution in [0.3, 0.4) is 0 Å². The predicted octanol–water partition coefficient (Wildman–Crippen LogP) is 6.17. The number of benzene rings is 4. The van der Waals surface area contributed by atoms with E-state index in [0.29, 0.717) is 29.4 Å². The SMILES string of the molecule is C=Cc1cc(COc2ccccc2N)cc(OC)c1.COc1cc(CO)cc(COc2ccccc2[N+](=O)[O-])c1. The average molecular weight is 545 g/mol. The molecule has 0 radical (unpaired) electrons. The van der Waals surface area contributed by atoms with Crippen LogP contribution >= 0.6 is 0 Å². The summed E-state index contributed by atoms with van der Waals surface area (Å²) in [5.74, 6) is 2.28. The largest absolute Gasteiger partial charge is 0.497 e. The van der Waals surface area contributed by atoms with Crippen molar-refractivity contribution in [1.82, 2.24) is 0 Å². The van der Waals surface area contributed by atoms with Crippen molar-refractivity contribution < 1.29 is 29.0 Å². The lowest BCUT2D eigenvalue weighted by Gasteiger charge is -2.10. The minimum atomic E-state index is -0.486. The number of nitrogen functional groups attached to an aromatic ring is 1. The molecule has 4 aromatic rings. The van der Waals surface area contributed by atoms with Crippen LogP contribution in [0.25, 0.3) is 6.08 Å². The molecular weight excluding hydrogens is 512 g/mol. The van der Waals surface area contributed by atoms with Gasteiger partial charge in [0.05, 0.1) is 31.4 Å². The quantitative estimate of drug-likeness (QED) is 0.130. The third-order valence-electron chi connectivity index (χ3n) is 5.67. The van der Waals surface area contributed by atoms with Gasteiger partial charge in [0.2, 0.25) is 0 Å². The van der Waals surface area contributed by atoms with Gasteiger partial charge in [-0.25, -0.2) is 0 Å². The number of hydrogen-bond donors (Lipinski definition) is 2. The lowest BCUT2D eigenvalue weighted by molar-refractivity contribution is -0.385. The van der Waals surface area contributed by atoms with Crippen LogP contribution in [-0.4, -0.2) is 24.2 Å². The number of methoxy groups -OCH3 is 2. The Bertz CT molecular complexity index is 1420. The van der Waals surface area contributed by atoms with Crippen molar-refractivity contribution in [3.8, 4) is 23.0 Å². The first-order valence-corrected chi connectivity index (χ1v) is 12.3. The number of ether oxygens (including phenoxy) is 4. The zero-order valence-electron chi connectivity index (χ0n) is 22.4. The molecule has 0 spiro atoms. The van der Waals surface area contributed by atoms with E-state index in [-0.39, 0.29) is 24.7 Å². The Morgan fingerprint density at radius 3 is 1.98 bits per heavy atom. The topological polar surface area (TPSA) is 126 Å². The molecule has 0 unspecified atom stereocenters. The van der Waals surface area contributed by atoms with Crippen LogP contribution in [0.2, 0.25) is 0 Å². The zero-order valence-corrected chi connectivity index (χ0v) is 22.4. The first kappa shape index (κ1) is 29.5. The molecule has 208 valence electrons. The van der Waals surface area contributed by atoms with E-state index in [9.17, 15) is 15.2 Å². The predicted molar refractivity (Wildman–Crippen MR) is 155 cm³/mol. The van der Waals surface area contributed by atoms with E-state index < -0.39 is 4.92 Å². The fourth-order valence-corrected chi connectivity index (χ4v) is 3.69. The van der Waals surface area contributed by atoms with Crippen molar-refractivity contribution in [2.75, 3.05) is 20.0 Å². The fourth-order valence-electron chi connectivity index (χ4n) is 3.69. The van der Waals surface area contributed by atoms with Gasteiger partial charge in [0.15, 0.2) is 5.75 Å². The maximum Gasteiger partial charge on any atom is 0.310 e. The van der Waals surface area contributed by atoms with Crippen molar-refractivity contribution in [3.63, 3.8) is 0 Å². The highest BCUT2D eigenvalue weighted by Crippen LogP contribution is 2.27. The van der Waals surface area contributed by atoms with Gasteiger partial charge in [0, 0.05) is 6.07 Å². The number of nitrogens with two attached hydrogens (primary N) is 1. The number of rotatable bonds is 11. The molecule has 9 nitrogen and oxygen atoms in total. The molecule has 0 aliphatic heterocycles. The second-order valence-electron chi connectivity index (χ2n) is 8.51. The van der Waals surface area contributed by atoms with Crippen molar-refractivity contribution in [2.45, 2.75) is 19.8 Å². The number of nitrogens with zero attached hydrogens (tertiary/aromatic N) is 1. The number of aliphatic hydroxyl groups excluding tert-OH is 1. The second kappa shape index (κ2) is 14.8. The van der Waals surface area contributed by atoms with Crippen molar-refractivity contribution >= 4 is 17.5 Å². The van der Waals surface area contributed by atoms with Gasteiger partial charge in [-0.05, 0) is 76.9 Å². The highest BCUT2D eigenvalue weighted by molar-refractivity contribution is 5.53. The molecule has 0 fully saturated rings. The van der Waals surface area contributed by atoms with Crippen LogP contribution < -0.4 is 24.7 Å². The Balaban J connectivity index is 0.000000222. The molecule has 4 rings (SSSR count). The molecule has 0 amide bonds. The standard InChI is InChI=1S/C16H17NO2.C15H15NO5/c1-3-12-8-13(10-14(9-12)18-2)11-19-16-7-5-4-6-15(16)17;1-20-13-7-11(9-17)6-12(8-13)10-21-15-5-3-2-4-14(15)16(18)19/h3-10H,1,11,17H2,2H3;2-8,17H,9-10H2,1H3. The highest BCUT2D eigenvalue weighted by Gasteiger charge is 2.14. The Hall–Kier alpha value is -5.02. The number of aliphatic hydroxyl groups is 1. The maximum atomic E-state index is 10.9. The molecule has 0 atom stereocenters. The van der Waals surface area contributed by atoms with Crippen LogP contribution in [0.4, 0.5) is 11.4 Å². The van der Waals surface area contributed by atoms with Crippen LogP contribution in [0.5, 0.6) is 23.0 Å². The molecule has 0 saturated carbocycles. The van der Waals surface area contributed by atoms with Gasteiger partial charge in [0.25, 0.3) is 0 Å².